The predicted molar refractivity (Wildman–Crippen MR) is 142 cm³/mol. The Kier molecular flexibility index (Phi) is 11.9. The van der Waals surface area contributed by atoms with Crippen LogP contribution in [0.25, 0.3) is 0 Å². The van der Waals surface area contributed by atoms with Crippen LogP contribution in [0.15, 0.2) is 24.3 Å². The third-order valence-corrected chi connectivity index (χ3v) is 7.77. The standard InChI is InChI=1S/C30H50O6/c1-4-5-8-13-25(36-28-16-11-12-21-33-28)18-17-24-19-20-30(34-22-29(2,3)23-35-30)26(24)14-9-6-7-10-15-27(31)32/h6,9,17-18,24-26,28H,4-5,7-8,10-16,19-23H2,1-3H3,(H,31,32)/b9-6-,18-17+. The summed E-state index contributed by atoms with van der Waals surface area (Å²) in [5.74, 6) is -0.660. The van der Waals surface area contributed by atoms with Crippen LogP contribution in [-0.2, 0) is 23.7 Å². The van der Waals surface area contributed by atoms with Gasteiger partial charge in [-0.05, 0) is 57.3 Å². The fourth-order valence-corrected chi connectivity index (χ4v) is 5.56. The molecule has 0 bridgehead atoms. The lowest BCUT2D eigenvalue weighted by atomic mass is 9.86. The monoisotopic (exact) mass is 506 g/mol. The number of hydrogen-bond acceptors (Lipinski definition) is 5. The third-order valence-electron chi connectivity index (χ3n) is 7.77. The topological polar surface area (TPSA) is 74.2 Å². The van der Waals surface area contributed by atoms with Crippen molar-refractivity contribution in [3.63, 3.8) is 0 Å². The minimum Gasteiger partial charge on any atom is -0.481 e. The van der Waals surface area contributed by atoms with Gasteiger partial charge in [-0.3, -0.25) is 4.79 Å². The van der Waals surface area contributed by atoms with Gasteiger partial charge in [0.25, 0.3) is 0 Å². The van der Waals surface area contributed by atoms with Crippen LogP contribution in [0.1, 0.15) is 104 Å². The molecule has 0 radical (unpaired) electrons. The number of hydrogen-bond donors (Lipinski definition) is 1. The molecule has 206 valence electrons. The van der Waals surface area contributed by atoms with E-state index < -0.39 is 11.8 Å². The van der Waals surface area contributed by atoms with Crippen LogP contribution in [0, 0.1) is 17.3 Å². The van der Waals surface area contributed by atoms with Crippen LogP contribution < -0.4 is 0 Å². The molecule has 2 heterocycles. The highest BCUT2D eigenvalue weighted by molar-refractivity contribution is 5.66. The average molecular weight is 507 g/mol. The Bertz CT molecular complexity index is 698. The van der Waals surface area contributed by atoms with Gasteiger partial charge in [0.1, 0.15) is 0 Å². The van der Waals surface area contributed by atoms with Gasteiger partial charge in [0.15, 0.2) is 12.1 Å². The van der Waals surface area contributed by atoms with Crippen molar-refractivity contribution in [1.82, 2.24) is 0 Å². The second-order valence-electron chi connectivity index (χ2n) is 11.7. The molecule has 36 heavy (non-hydrogen) atoms. The van der Waals surface area contributed by atoms with Gasteiger partial charge in [-0.1, -0.05) is 64.3 Å². The first-order valence-electron chi connectivity index (χ1n) is 14.4. The average Bonchev–Trinajstić information content (AvgIpc) is 3.19. The molecular weight excluding hydrogens is 456 g/mol. The summed E-state index contributed by atoms with van der Waals surface area (Å²) in [6.45, 7) is 8.84. The molecule has 0 aromatic heterocycles. The van der Waals surface area contributed by atoms with Crippen LogP contribution in [0.5, 0.6) is 0 Å². The molecule has 3 rings (SSSR count). The maximum atomic E-state index is 10.8. The van der Waals surface area contributed by atoms with Gasteiger partial charge >= 0.3 is 5.97 Å². The lowest BCUT2D eigenvalue weighted by Gasteiger charge is -2.45. The van der Waals surface area contributed by atoms with Crippen molar-refractivity contribution < 1.29 is 28.8 Å². The Morgan fingerprint density at radius 2 is 1.92 bits per heavy atom. The maximum Gasteiger partial charge on any atom is 0.303 e. The first-order valence-corrected chi connectivity index (χ1v) is 14.4. The fourth-order valence-electron chi connectivity index (χ4n) is 5.56. The van der Waals surface area contributed by atoms with Crippen molar-refractivity contribution >= 4 is 5.97 Å². The largest absolute Gasteiger partial charge is 0.481 e. The minimum absolute atomic E-state index is 0.0363. The Morgan fingerprint density at radius 3 is 2.61 bits per heavy atom. The van der Waals surface area contributed by atoms with Crippen molar-refractivity contribution in [3.05, 3.63) is 24.3 Å². The summed E-state index contributed by atoms with van der Waals surface area (Å²) in [5, 5.41) is 8.88. The van der Waals surface area contributed by atoms with E-state index in [1.165, 1.54) is 19.3 Å². The zero-order valence-electron chi connectivity index (χ0n) is 22.9. The first kappa shape index (κ1) is 29.3. The summed E-state index contributed by atoms with van der Waals surface area (Å²) < 4.78 is 25.2. The van der Waals surface area contributed by atoms with E-state index >= 15 is 0 Å². The quantitative estimate of drug-likeness (QED) is 0.201. The van der Waals surface area contributed by atoms with E-state index in [1.807, 2.05) is 0 Å². The predicted octanol–water partition coefficient (Wildman–Crippen LogP) is 7.03. The summed E-state index contributed by atoms with van der Waals surface area (Å²) in [5.41, 5.74) is 0.0363. The van der Waals surface area contributed by atoms with Crippen LogP contribution in [-0.4, -0.2) is 49.1 Å². The number of aliphatic carboxylic acids is 1. The molecule has 1 aliphatic carbocycles. The van der Waals surface area contributed by atoms with Gasteiger partial charge in [-0.15, -0.1) is 0 Å². The number of carbonyl (C=O) groups is 1. The van der Waals surface area contributed by atoms with Crippen LogP contribution in [0.3, 0.4) is 0 Å². The second kappa shape index (κ2) is 14.7. The summed E-state index contributed by atoms with van der Waals surface area (Å²) in [6, 6.07) is 0. The van der Waals surface area contributed by atoms with Crippen LogP contribution >= 0.6 is 0 Å². The molecule has 3 fully saturated rings. The van der Waals surface area contributed by atoms with E-state index in [0.717, 1.165) is 58.0 Å². The van der Waals surface area contributed by atoms with Gasteiger partial charge in [-0.2, -0.15) is 0 Å². The van der Waals surface area contributed by atoms with Gasteiger partial charge in [0.2, 0.25) is 0 Å². The van der Waals surface area contributed by atoms with Crippen molar-refractivity contribution in [1.29, 1.82) is 0 Å². The number of carboxylic acid groups (broad SMARTS) is 1. The van der Waals surface area contributed by atoms with Gasteiger partial charge in [0, 0.05) is 30.8 Å². The number of unbranched alkanes of at least 4 members (excludes halogenated alkanes) is 3. The molecule has 4 atom stereocenters. The van der Waals surface area contributed by atoms with E-state index in [2.05, 4.69) is 45.1 Å². The minimum atomic E-state index is -0.732. The number of carboxylic acids is 1. The molecule has 1 N–H and O–H groups in total. The van der Waals surface area contributed by atoms with E-state index in [1.54, 1.807) is 0 Å². The van der Waals surface area contributed by atoms with Crippen molar-refractivity contribution in [3.8, 4) is 0 Å². The molecule has 2 aliphatic heterocycles. The molecule has 0 aromatic carbocycles. The molecule has 6 nitrogen and oxygen atoms in total. The molecule has 0 aromatic rings. The molecule has 2 saturated heterocycles. The summed E-state index contributed by atoms with van der Waals surface area (Å²) in [4.78, 5) is 10.8. The van der Waals surface area contributed by atoms with Gasteiger partial charge in [-0.25, -0.2) is 0 Å². The Balaban J connectivity index is 1.66. The molecular formula is C30H50O6. The lowest BCUT2D eigenvalue weighted by molar-refractivity contribution is -0.315. The molecule has 3 aliphatic rings. The third kappa shape index (κ3) is 9.27. The summed E-state index contributed by atoms with van der Waals surface area (Å²) in [7, 11) is 0. The smallest absolute Gasteiger partial charge is 0.303 e. The zero-order valence-corrected chi connectivity index (χ0v) is 22.9. The van der Waals surface area contributed by atoms with Gasteiger partial charge in [0.05, 0.1) is 19.3 Å². The summed E-state index contributed by atoms with van der Waals surface area (Å²) in [6.07, 6.45) is 21.4. The van der Waals surface area contributed by atoms with E-state index in [0.29, 0.717) is 25.6 Å². The summed E-state index contributed by atoms with van der Waals surface area (Å²) >= 11 is 0. The van der Waals surface area contributed by atoms with E-state index in [4.69, 9.17) is 24.1 Å². The van der Waals surface area contributed by atoms with Crippen molar-refractivity contribution in [2.24, 2.45) is 17.3 Å². The fraction of sp³-hybridized carbons (Fsp3) is 0.833. The Labute approximate surface area is 218 Å². The number of allylic oxidation sites excluding steroid dienone is 3. The lowest BCUT2D eigenvalue weighted by Crippen LogP contribution is -2.50. The maximum absolute atomic E-state index is 10.8. The van der Waals surface area contributed by atoms with Crippen molar-refractivity contribution in [2.75, 3.05) is 19.8 Å². The first-order chi connectivity index (χ1) is 17.3. The van der Waals surface area contributed by atoms with Crippen LogP contribution in [0.4, 0.5) is 0 Å². The van der Waals surface area contributed by atoms with Crippen LogP contribution in [0.2, 0.25) is 0 Å². The highest BCUT2D eigenvalue weighted by atomic mass is 16.7. The SMILES string of the molecule is CCCCCC(/C=C/C1CCC2(OCC(C)(C)CO2)C1C/C=C\CCCC(=O)O)OC1CCCCO1. The normalized spacial score (nSPS) is 28.8. The van der Waals surface area contributed by atoms with E-state index in [9.17, 15) is 4.79 Å². The van der Waals surface area contributed by atoms with Crippen molar-refractivity contribution in [2.45, 2.75) is 122 Å². The molecule has 4 unspecified atom stereocenters. The highest BCUT2D eigenvalue weighted by Crippen LogP contribution is 2.49. The van der Waals surface area contributed by atoms with E-state index in [-0.39, 0.29) is 30.1 Å². The molecule has 0 amide bonds. The highest BCUT2D eigenvalue weighted by Gasteiger charge is 2.52. The second-order valence-corrected chi connectivity index (χ2v) is 11.7. The number of rotatable bonds is 14. The molecule has 6 heteroatoms. The molecule has 1 saturated carbocycles. The zero-order chi connectivity index (χ0) is 25.9. The Morgan fingerprint density at radius 1 is 1.11 bits per heavy atom. The molecule has 1 spiro atoms. The Hall–Kier alpha value is -1.21. The number of ether oxygens (including phenoxy) is 4. The van der Waals surface area contributed by atoms with Gasteiger partial charge < -0.3 is 24.1 Å².